The fraction of sp³-hybridized carbons (Fsp3) is 0.560. The van der Waals surface area contributed by atoms with E-state index < -0.39 is 0 Å². The van der Waals surface area contributed by atoms with Gasteiger partial charge in [0.05, 0.1) is 0 Å². The summed E-state index contributed by atoms with van der Waals surface area (Å²) in [5.41, 5.74) is 3.85. The van der Waals surface area contributed by atoms with Crippen LogP contribution in [0.4, 0.5) is 5.69 Å². The predicted molar refractivity (Wildman–Crippen MR) is 120 cm³/mol. The van der Waals surface area contributed by atoms with E-state index >= 15 is 0 Å². The summed E-state index contributed by atoms with van der Waals surface area (Å²) < 4.78 is 2.22. The molecule has 0 amide bonds. The molecule has 0 spiro atoms. The molecule has 0 bridgehead atoms. The molecule has 0 aliphatic carbocycles. The molecule has 166 valence electrons. The molecule has 0 saturated carbocycles. The third kappa shape index (κ3) is 5.83. The van der Waals surface area contributed by atoms with E-state index in [0.29, 0.717) is 0 Å². The van der Waals surface area contributed by atoms with Gasteiger partial charge < -0.3 is 21.9 Å². The normalized spacial score (nSPS) is 19.0. The zero-order valence-electron chi connectivity index (χ0n) is 19.7. The van der Waals surface area contributed by atoms with Gasteiger partial charge in [-0.05, 0) is 71.6 Å². The van der Waals surface area contributed by atoms with E-state index in [-0.39, 0.29) is 34.2 Å². The van der Waals surface area contributed by atoms with Crippen molar-refractivity contribution < 1.29 is 26.4 Å². The minimum atomic E-state index is 0. The van der Waals surface area contributed by atoms with Gasteiger partial charge in [0.15, 0.2) is 18.9 Å². The number of anilines is 1. The molecule has 5 heteroatoms. The Morgan fingerprint density at radius 3 is 2.00 bits per heavy atom. The lowest BCUT2D eigenvalue weighted by molar-refractivity contribution is -0.688. The van der Waals surface area contributed by atoms with Crippen LogP contribution >= 0.6 is 0 Å². The minimum absolute atomic E-state index is 0. The van der Waals surface area contributed by atoms with Crippen LogP contribution in [0.5, 0.6) is 0 Å². The van der Waals surface area contributed by atoms with Crippen LogP contribution in [0, 0.1) is 0 Å². The number of hydrogen-bond donors (Lipinski definition) is 0. The molecule has 1 saturated heterocycles. The molecule has 1 unspecified atom stereocenters. The van der Waals surface area contributed by atoms with Crippen molar-refractivity contribution in [2.75, 3.05) is 19.0 Å². The van der Waals surface area contributed by atoms with Crippen LogP contribution < -0.4 is 26.4 Å². The molecule has 1 atom stereocenters. The summed E-state index contributed by atoms with van der Waals surface area (Å²) in [6, 6.07) is 13.1. The van der Waals surface area contributed by atoms with Gasteiger partial charge in [0.25, 0.3) is 0 Å². The summed E-state index contributed by atoms with van der Waals surface area (Å²) in [4.78, 5) is 8.64. The molecule has 2 heterocycles. The SMILES string of the molecule is CC(ON1C(C)(C)CCCC1(C)C)c1cc[n+](Cc2ccc(N(C)C)cc2)cc1.[Br-]. The maximum absolute atomic E-state index is 6.52. The zero-order chi connectivity index (χ0) is 21.2. The minimum Gasteiger partial charge on any atom is -1.00 e. The lowest BCUT2D eigenvalue weighted by atomic mass is 9.82. The van der Waals surface area contributed by atoms with Crippen LogP contribution in [0.1, 0.15) is 71.1 Å². The third-order valence-corrected chi connectivity index (χ3v) is 6.14. The first-order chi connectivity index (χ1) is 13.6. The molecule has 0 radical (unpaired) electrons. The third-order valence-electron chi connectivity index (χ3n) is 6.14. The quantitative estimate of drug-likeness (QED) is 0.596. The molecule has 1 aliphatic rings. The molecule has 1 aromatic heterocycles. The van der Waals surface area contributed by atoms with Gasteiger partial charge in [0, 0.05) is 48.6 Å². The molecular weight excluding hydrogens is 438 g/mol. The lowest BCUT2D eigenvalue weighted by Crippen LogP contribution is -3.00. The summed E-state index contributed by atoms with van der Waals surface area (Å²) in [5, 5.41) is 2.25. The second kappa shape index (κ2) is 9.80. The van der Waals surface area contributed by atoms with E-state index in [9.17, 15) is 0 Å². The topological polar surface area (TPSA) is 19.6 Å². The van der Waals surface area contributed by atoms with Crippen molar-refractivity contribution in [3.8, 4) is 0 Å². The van der Waals surface area contributed by atoms with Gasteiger partial charge in [0.2, 0.25) is 0 Å². The summed E-state index contributed by atoms with van der Waals surface area (Å²) in [5.74, 6) is 0. The molecule has 1 fully saturated rings. The van der Waals surface area contributed by atoms with Crippen LogP contribution in [0.25, 0.3) is 0 Å². The molecule has 4 nitrogen and oxygen atoms in total. The van der Waals surface area contributed by atoms with Crippen molar-refractivity contribution in [1.29, 1.82) is 0 Å². The Bertz CT molecular complexity index is 784. The van der Waals surface area contributed by atoms with Gasteiger partial charge in [-0.25, -0.2) is 4.57 Å². The predicted octanol–water partition coefficient (Wildman–Crippen LogP) is 2.13. The molecule has 1 aromatic carbocycles. The first-order valence-corrected chi connectivity index (χ1v) is 10.8. The average Bonchev–Trinajstić information content (AvgIpc) is 2.65. The summed E-state index contributed by atoms with van der Waals surface area (Å²) in [6.45, 7) is 12.2. The highest BCUT2D eigenvalue weighted by atomic mass is 79.9. The highest BCUT2D eigenvalue weighted by molar-refractivity contribution is 5.45. The van der Waals surface area contributed by atoms with E-state index in [1.165, 1.54) is 36.1 Å². The molecular formula is C25H38BrN3O. The first kappa shape index (κ1) is 24.8. The molecule has 3 rings (SSSR count). The Balaban J connectivity index is 0.00000320. The van der Waals surface area contributed by atoms with E-state index in [2.05, 4.69) is 112 Å². The molecule has 1 aliphatic heterocycles. The van der Waals surface area contributed by atoms with Crippen molar-refractivity contribution in [3.05, 3.63) is 59.9 Å². The largest absolute Gasteiger partial charge is 1.00 e. The fourth-order valence-corrected chi connectivity index (χ4v) is 4.44. The number of halogens is 1. The highest BCUT2D eigenvalue weighted by Gasteiger charge is 2.43. The van der Waals surface area contributed by atoms with Gasteiger partial charge in [-0.3, -0.25) is 4.84 Å². The Morgan fingerprint density at radius 1 is 0.967 bits per heavy atom. The fourth-order valence-electron chi connectivity index (χ4n) is 4.44. The van der Waals surface area contributed by atoms with Crippen molar-refractivity contribution in [2.24, 2.45) is 0 Å². The number of benzene rings is 1. The van der Waals surface area contributed by atoms with Gasteiger partial charge in [-0.15, -0.1) is 0 Å². The number of piperidine rings is 1. The second-order valence-electron chi connectivity index (χ2n) is 9.89. The lowest BCUT2D eigenvalue weighted by Gasteiger charge is -2.52. The van der Waals surface area contributed by atoms with Crippen molar-refractivity contribution >= 4 is 5.69 Å². The average molecular weight is 477 g/mol. The Hall–Kier alpha value is -1.43. The summed E-state index contributed by atoms with van der Waals surface area (Å²) in [6.07, 6.45) is 7.94. The smallest absolute Gasteiger partial charge is 0.173 e. The van der Waals surface area contributed by atoms with E-state index in [4.69, 9.17) is 4.84 Å². The first-order valence-electron chi connectivity index (χ1n) is 10.8. The zero-order valence-corrected chi connectivity index (χ0v) is 21.2. The van der Waals surface area contributed by atoms with Crippen LogP contribution in [0.2, 0.25) is 0 Å². The maximum atomic E-state index is 6.52. The molecule has 0 N–H and O–H groups in total. The van der Waals surface area contributed by atoms with Crippen molar-refractivity contribution in [3.63, 3.8) is 0 Å². The van der Waals surface area contributed by atoms with Gasteiger partial charge in [-0.2, -0.15) is 5.06 Å². The summed E-state index contributed by atoms with van der Waals surface area (Å²) >= 11 is 0. The van der Waals surface area contributed by atoms with Crippen LogP contribution in [0.15, 0.2) is 48.8 Å². The molecule has 30 heavy (non-hydrogen) atoms. The Labute approximate surface area is 193 Å². The van der Waals surface area contributed by atoms with Gasteiger partial charge in [-0.1, -0.05) is 12.1 Å². The molecule has 2 aromatic rings. The van der Waals surface area contributed by atoms with E-state index in [1.807, 2.05) is 0 Å². The van der Waals surface area contributed by atoms with Crippen LogP contribution in [-0.4, -0.2) is 30.2 Å². The van der Waals surface area contributed by atoms with Crippen LogP contribution in [-0.2, 0) is 11.4 Å². The van der Waals surface area contributed by atoms with Crippen molar-refractivity contribution in [1.82, 2.24) is 5.06 Å². The number of aromatic nitrogens is 1. The van der Waals surface area contributed by atoms with Gasteiger partial charge in [0.1, 0.15) is 6.10 Å². The van der Waals surface area contributed by atoms with Crippen LogP contribution in [0.3, 0.4) is 0 Å². The van der Waals surface area contributed by atoms with E-state index in [0.717, 1.165) is 6.54 Å². The maximum Gasteiger partial charge on any atom is 0.173 e. The number of rotatable bonds is 6. The monoisotopic (exact) mass is 475 g/mol. The van der Waals surface area contributed by atoms with Gasteiger partial charge >= 0.3 is 0 Å². The number of hydrogen-bond acceptors (Lipinski definition) is 3. The Kier molecular flexibility index (Phi) is 8.11. The second-order valence-corrected chi connectivity index (χ2v) is 9.89. The number of nitrogens with zero attached hydrogens (tertiary/aromatic N) is 3. The highest BCUT2D eigenvalue weighted by Crippen LogP contribution is 2.40. The van der Waals surface area contributed by atoms with E-state index in [1.54, 1.807) is 0 Å². The standard InChI is InChI=1S/C25H38N3O.BrH/c1-20(29-28-24(2,3)15-8-16-25(28,4)5)22-13-17-27(18-14-22)19-21-9-11-23(12-10-21)26(6)7;/h9-14,17-18,20H,8,15-16,19H2,1-7H3;1H/q+1;/p-1. The Morgan fingerprint density at radius 2 is 1.50 bits per heavy atom. The number of hydroxylamine groups is 2. The number of pyridine rings is 1. The van der Waals surface area contributed by atoms with Crippen molar-refractivity contribution in [2.45, 2.75) is 77.6 Å². The summed E-state index contributed by atoms with van der Waals surface area (Å²) in [7, 11) is 4.13.